The minimum Gasteiger partial charge on any atom is -0.442 e. The van der Waals surface area contributed by atoms with Crippen molar-refractivity contribution in [2.45, 2.75) is 46.5 Å². The lowest BCUT2D eigenvalue weighted by Gasteiger charge is -2.21. The van der Waals surface area contributed by atoms with E-state index in [-0.39, 0.29) is 18.5 Å². The summed E-state index contributed by atoms with van der Waals surface area (Å²) < 4.78 is 40.1. The highest BCUT2D eigenvalue weighted by Gasteiger charge is 2.37. The van der Waals surface area contributed by atoms with Crippen molar-refractivity contribution in [1.29, 1.82) is 0 Å². The molecule has 0 saturated carbocycles. The number of anilines is 1. The number of rotatable bonds is 6. The number of Topliss-reactive ketones (excluding diaryl/α,β-unsaturated/α-hetero) is 1. The molecule has 0 spiro atoms. The molecule has 30 heavy (non-hydrogen) atoms. The number of aromatic amines is 1. The molecule has 0 unspecified atom stereocenters. The number of carbonyl (C=O) groups is 1. The molecule has 4 N–H and O–H groups in total. The molecule has 0 aliphatic carbocycles. The van der Waals surface area contributed by atoms with Crippen LogP contribution in [0.2, 0.25) is 0 Å². The summed E-state index contributed by atoms with van der Waals surface area (Å²) >= 11 is 0. The maximum atomic E-state index is 13.4. The Morgan fingerprint density at radius 3 is 2.53 bits per heavy atom. The first-order valence-electron chi connectivity index (χ1n) is 9.36. The van der Waals surface area contributed by atoms with Gasteiger partial charge in [0.2, 0.25) is 5.95 Å². The van der Waals surface area contributed by atoms with Crippen LogP contribution >= 0.6 is 0 Å². The Balaban J connectivity index is 2.01. The monoisotopic (exact) mass is 422 g/mol. The fourth-order valence-electron chi connectivity index (χ4n) is 3.18. The first kappa shape index (κ1) is 21.7. The smallest absolute Gasteiger partial charge is 0.434 e. The Morgan fingerprint density at radius 2 is 1.97 bits per heavy atom. The van der Waals surface area contributed by atoms with E-state index >= 15 is 0 Å². The summed E-state index contributed by atoms with van der Waals surface area (Å²) in [5, 5.41) is 10.5. The Hall–Kier alpha value is -3.01. The lowest BCUT2D eigenvalue weighted by atomic mass is 10.0. The number of fused-ring (bicyclic) bond motifs is 1. The molecular weight excluding hydrogens is 399 g/mol. The zero-order chi connectivity index (χ0) is 22.2. The number of imidazole rings is 1. The van der Waals surface area contributed by atoms with Crippen LogP contribution in [0, 0.1) is 12.8 Å². The molecule has 0 saturated heterocycles. The molecule has 3 rings (SSSR count). The Morgan fingerprint density at radius 1 is 1.27 bits per heavy atom. The number of carbonyl (C=O) groups excluding carboxylic acids is 1. The van der Waals surface area contributed by atoms with Gasteiger partial charge >= 0.3 is 6.18 Å². The molecule has 0 aliphatic rings. The molecule has 3 aromatic rings. The second kappa shape index (κ2) is 8.02. The molecule has 7 nitrogen and oxygen atoms in total. The van der Waals surface area contributed by atoms with Gasteiger partial charge in [-0.05, 0) is 37.5 Å². The number of aromatic nitrogens is 4. The van der Waals surface area contributed by atoms with Gasteiger partial charge in [0.15, 0.2) is 18.1 Å². The van der Waals surface area contributed by atoms with Crippen LogP contribution in [0.5, 0.6) is 0 Å². The average Bonchev–Trinajstić information content (AvgIpc) is 3.06. The van der Waals surface area contributed by atoms with E-state index < -0.39 is 29.3 Å². The lowest BCUT2D eigenvalue weighted by Crippen LogP contribution is -2.22. The predicted octanol–water partition coefficient (Wildman–Crippen LogP) is 3.92. The summed E-state index contributed by atoms with van der Waals surface area (Å²) in [5.74, 6) is -0.538. The second-order valence-corrected chi connectivity index (χ2v) is 7.47. The Bertz CT molecular complexity index is 1090. The van der Waals surface area contributed by atoms with Crippen molar-refractivity contribution >= 4 is 22.8 Å². The van der Waals surface area contributed by atoms with E-state index in [2.05, 4.69) is 25.3 Å². The normalized spacial score (nSPS) is 13.1. The number of nitrogens with zero attached hydrogens (tertiary/aromatic N) is 3. The number of alkyl halides is 3. The number of benzene rings is 1. The zero-order valence-electron chi connectivity index (χ0n) is 17.0. The van der Waals surface area contributed by atoms with Gasteiger partial charge < -0.3 is 15.4 Å². The molecule has 2 heterocycles. The number of H-pyrrole nitrogens is 1. The van der Waals surface area contributed by atoms with E-state index in [1.54, 1.807) is 0 Å². The Kier molecular flexibility index (Phi) is 5.80. The van der Waals surface area contributed by atoms with Gasteiger partial charge in [-0.3, -0.25) is 4.79 Å². The quantitative estimate of drug-likeness (QED) is 0.463. The minimum absolute atomic E-state index is 0.0623. The van der Waals surface area contributed by atoms with Crippen molar-refractivity contribution in [2.75, 3.05) is 5.32 Å². The van der Waals surface area contributed by atoms with Crippen LogP contribution < -0.4 is 5.32 Å². The third kappa shape index (κ3) is 4.28. The summed E-state index contributed by atoms with van der Waals surface area (Å²) in [7, 11) is 0. The molecule has 1 aromatic carbocycles. The summed E-state index contributed by atoms with van der Waals surface area (Å²) in [6.07, 6.45) is -3.89. The lowest BCUT2D eigenvalue weighted by molar-refractivity contribution is -0.141. The predicted molar refractivity (Wildman–Crippen MR) is 106 cm³/mol. The largest absolute Gasteiger partial charge is 0.442 e. The number of ketones is 1. The zero-order valence-corrected chi connectivity index (χ0v) is 17.0. The van der Waals surface area contributed by atoms with Gasteiger partial charge in [0.05, 0.1) is 22.6 Å². The molecule has 10 heteroatoms. The van der Waals surface area contributed by atoms with Crippen molar-refractivity contribution in [3.8, 4) is 0 Å². The first-order chi connectivity index (χ1) is 14.0. The number of hydrogen-bond donors (Lipinski definition) is 2. The molecule has 2 aromatic heterocycles. The van der Waals surface area contributed by atoms with Gasteiger partial charge in [-0.25, -0.2) is 15.0 Å². The number of aryl methyl sites for hydroxylation is 1. The van der Waals surface area contributed by atoms with E-state index in [1.165, 1.54) is 0 Å². The van der Waals surface area contributed by atoms with Gasteiger partial charge in [-0.1, -0.05) is 13.8 Å². The van der Waals surface area contributed by atoms with Crippen LogP contribution in [0.15, 0.2) is 18.3 Å². The standard InChI is InChI=1S/C20H22F3N5O2/c1-9(2)16(18-25-14-5-10(3)12(8-29)6-15(14)26-18)27-19-24-7-13(11(4)30)17(28-19)20(21,22)23/h5-7,9,16,29H,8H2,1-4H3,(H,25,26)(H,24,27,28)/p+1/t16-/m0/s1. The molecule has 0 amide bonds. The van der Waals surface area contributed by atoms with Crippen molar-refractivity contribution in [3.63, 3.8) is 0 Å². The van der Waals surface area contributed by atoms with Crippen molar-refractivity contribution in [1.82, 2.24) is 19.9 Å². The molecule has 0 aliphatic heterocycles. The van der Waals surface area contributed by atoms with Crippen molar-refractivity contribution < 1.29 is 23.1 Å². The van der Waals surface area contributed by atoms with Crippen molar-refractivity contribution in [2.24, 2.45) is 5.92 Å². The number of nitrogens with one attached hydrogen (secondary N) is 2. The van der Waals surface area contributed by atoms with Crippen LogP contribution in [0.3, 0.4) is 0 Å². The van der Waals surface area contributed by atoms with Crippen LogP contribution in [0.1, 0.15) is 59.8 Å². The highest BCUT2D eigenvalue weighted by Crippen LogP contribution is 2.32. The van der Waals surface area contributed by atoms with Crippen molar-refractivity contribution in [3.05, 3.63) is 46.5 Å². The van der Waals surface area contributed by atoms with E-state index in [0.717, 1.165) is 29.8 Å². The van der Waals surface area contributed by atoms with Gasteiger partial charge in [-0.2, -0.15) is 13.2 Å². The Labute approximate surface area is 170 Å². The van der Waals surface area contributed by atoms with Gasteiger partial charge in [0, 0.05) is 11.8 Å². The topological polar surface area (TPSA) is 106 Å². The van der Waals surface area contributed by atoms with Crippen LogP contribution in [0.4, 0.5) is 19.1 Å². The molecular formula is C20H23F3N5O2+. The molecule has 0 radical (unpaired) electrons. The summed E-state index contributed by atoms with van der Waals surface area (Å²) in [5.41, 5.74) is 1.42. The maximum Gasteiger partial charge on any atom is 0.434 e. The fraction of sp³-hybridized carbons (Fsp3) is 0.400. The highest BCUT2D eigenvalue weighted by atomic mass is 19.4. The summed E-state index contributed by atoms with van der Waals surface area (Å²) in [4.78, 5) is 26.8. The first-order valence-corrected chi connectivity index (χ1v) is 9.36. The maximum absolute atomic E-state index is 13.4. The van der Waals surface area contributed by atoms with Gasteiger partial charge in [0.1, 0.15) is 5.82 Å². The highest BCUT2D eigenvalue weighted by molar-refractivity contribution is 5.95. The van der Waals surface area contributed by atoms with Crippen LogP contribution in [0.25, 0.3) is 11.0 Å². The fourth-order valence-corrected chi connectivity index (χ4v) is 3.18. The number of hydrogen-bond acceptors (Lipinski definition) is 5. The van der Waals surface area contributed by atoms with Crippen LogP contribution in [-0.2, 0) is 12.8 Å². The van der Waals surface area contributed by atoms with Crippen LogP contribution in [-0.4, -0.2) is 30.8 Å². The van der Waals surface area contributed by atoms with Gasteiger partial charge in [-0.15, -0.1) is 0 Å². The second-order valence-electron chi connectivity index (χ2n) is 7.47. The third-order valence-corrected chi connectivity index (χ3v) is 4.83. The average molecular weight is 422 g/mol. The molecule has 1 atom stereocenters. The van der Waals surface area contributed by atoms with E-state index in [0.29, 0.717) is 11.3 Å². The molecule has 0 bridgehead atoms. The summed E-state index contributed by atoms with van der Waals surface area (Å²) in [6, 6.07) is 3.23. The summed E-state index contributed by atoms with van der Waals surface area (Å²) in [6.45, 7) is 6.86. The molecule has 160 valence electrons. The van der Waals surface area contributed by atoms with E-state index in [9.17, 15) is 18.0 Å². The SMILES string of the molecule is CC(=O)c1cnc(N[C@H](c2nc3cc(C[OH2+])c(C)cc3[nH]2)C(C)C)nc1C(F)(F)F. The number of halogens is 3. The van der Waals surface area contributed by atoms with Gasteiger partial charge in [0.25, 0.3) is 0 Å². The third-order valence-electron chi connectivity index (χ3n) is 4.83. The molecule has 0 fully saturated rings. The van der Waals surface area contributed by atoms with E-state index in [1.807, 2.05) is 32.9 Å². The van der Waals surface area contributed by atoms with E-state index in [4.69, 9.17) is 5.11 Å². The minimum atomic E-state index is -4.78.